The zero-order valence-corrected chi connectivity index (χ0v) is 12.3. The molecule has 2 aromatic heterocycles. The van der Waals surface area contributed by atoms with Gasteiger partial charge in [0.05, 0.1) is 23.3 Å². The van der Waals surface area contributed by atoms with Gasteiger partial charge in [0.15, 0.2) is 0 Å². The largest absolute Gasteiger partial charge is 0.291 e. The molecule has 3 rings (SSSR count). The Morgan fingerprint density at radius 2 is 2.05 bits per heavy atom. The van der Waals surface area contributed by atoms with Crippen molar-refractivity contribution < 1.29 is 0 Å². The zero-order chi connectivity index (χ0) is 14.8. The number of alkyl halides is 1. The van der Waals surface area contributed by atoms with Crippen molar-refractivity contribution in [1.82, 2.24) is 14.5 Å². The Bertz CT molecular complexity index is 858. The van der Waals surface area contributed by atoms with Crippen LogP contribution < -0.4 is 5.56 Å². The number of rotatable bonds is 3. The third kappa shape index (κ3) is 2.54. The normalized spacial score (nSPS) is 11.0. The van der Waals surface area contributed by atoms with E-state index in [4.69, 9.17) is 11.6 Å². The highest BCUT2D eigenvalue weighted by atomic mass is 35.5. The van der Waals surface area contributed by atoms with Crippen molar-refractivity contribution in [2.45, 2.75) is 19.3 Å². The Hall–Kier alpha value is -2.20. The van der Waals surface area contributed by atoms with Crippen LogP contribution in [0.2, 0.25) is 0 Å². The van der Waals surface area contributed by atoms with Crippen molar-refractivity contribution >= 4 is 22.5 Å². The van der Waals surface area contributed by atoms with Crippen molar-refractivity contribution in [3.63, 3.8) is 0 Å². The van der Waals surface area contributed by atoms with Crippen molar-refractivity contribution in [3.8, 4) is 0 Å². The monoisotopic (exact) mass is 299 g/mol. The molecule has 3 aromatic rings. The number of hydrogen-bond acceptors (Lipinski definition) is 3. The summed E-state index contributed by atoms with van der Waals surface area (Å²) in [5.41, 5.74) is 2.70. The van der Waals surface area contributed by atoms with Gasteiger partial charge in [0.1, 0.15) is 5.82 Å². The standard InChI is InChI=1S/C16H14ClN3O/c1-11-9-18-7-6-12(11)10-20-15(8-17)19-14-5-3-2-4-13(14)16(20)21/h2-7,9H,8,10H2,1H3. The average molecular weight is 300 g/mol. The maximum atomic E-state index is 12.7. The molecule has 0 saturated carbocycles. The first-order valence-corrected chi connectivity index (χ1v) is 7.18. The summed E-state index contributed by atoms with van der Waals surface area (Å²) in [6.07, 6.45) is 3.51. The molecule has 0 aliphatic carbocycles. The van der Waals surface area contributed by atoms with Crippen LogP contribution in [0.5, 0.6) is 0 Å². The van der Waals surface area contributed by atoms with Crippen LogP contribution in [0, 0.1) is 6.92 Å². The zero-order valence-electron chi connectivity index (χ0n) is 11.6. The Labute approximate surface area is 127 Å². The molecule has 0 radical (unpaired) electrons. The Kier molecular flexibility index (Phi) is 3.71. The second kappa shape index (κ2) is 5.66. The first kappa shape index (κ1) is 13.8. The number of benzene rings is 1. The number of hydrogen-bond donors (Lipinski definition) is 0. The minimum atomic E-state index is -0.0625. The lowest BCUT2D eigenvalue weighted by Gasteiger charge is -2.13. The molecule has 0 saturated heterocycles. The molecule has 0 fully saturated rings. The van der Waals surface area contributed by atoms with Crippen LogP contribution in [0.4, 0.5) is 0 Å². The van der Waals surface area contributed by atoms with E-state index in [1.807, 2.05) is 31.2 Å². The predicted octanol–water partition coefficient (Wildman–Crippen LogP) is 2.89. The van der Waals surface area contributed by atoms with Crippen LogP contribution in [0.1, 0.15) is 17.0 Å². The molecule has 0 spiro atoms. The van der Waals surface area contributed by atoms with Crippen LogP contribution in [0.25, 0.3) is 10.9 Å². The Morgan fingerprint density at radius 1 is 1.24 bits per heavy atom. The van der Waals surface area contributed by atoms with Crippen molar-refractivity contribution in [2.75, 3.05) is 0 Å². The maximum absolute atomic E-state index is 12.7. The molecule has 0 bridgehead atoms. The quantitative estimate of drug-likeness (QED) is 0.699. The molecule has 0 unspecified atom stereocenters. The summed E-state index contributed by atoms with van der Waals surface area (Å²) in [4.78, 5) is 21.2. The molecule has 2 heterocycles. The smallest absolute Gasteiger partial charge is 0.261 e. The fourth-order valence-electron chi connectivity index (χ4n) is 2.33. The molecule has 0 N–H and O–H groups in total. The fraction of sp³-hybridized carbons (Fsp3) is 0.188. The lowest BCUT2D eigenvalue weighted by Crippen LogP contribution is -2.25. The first-order valence-electron chi connectivity index (χ1n) is 6.64. The van der Waals surface area contributed by atoms with Crippen molar-refractivity contribution in [3.05, 3.63) is 70.0 Å². The van der Waals surface area contributed by atoms with Gasteiger partial charge >= 0.3 is 0 Å². The molecule has 1 aromatic carbocycles. The number of aryl methyl sites for hydroxylation is 1. The molecule has 21 heavy (non-hydrogen) atoms. The van der Waals surface area contributed by atoms with Crippen LogP contribution in [-0.4, -0.2) is 14.5 Å². The van der Waals surface area contributed by atoms with Gasteiger partial charge in [0, 0.05) is 12.4 Å². The second-order valence-corrected chi connectivity index (χ2v) is 5.14. The molecule has 0 aliphatic rings. The number of fused-ring (bicyclic) bond motifs is 1. The highest BCUT2D eigenvalue weighted by Gasteiger charge is 2.11. The van der Waals surface area contributed by atoms with Crippen molar-refractivity contribution in [1.29, 1.82) is 0 Å². The molecule has 106 valence electrons. The summed E-state index contributed by atoms with van der Waals surface area (Å²) >= 11 is 5.98. The van der Waals surface area contributed by atoms with E-state index in [1.165, 1.54) is 0 Å². The second-order valence-electron chi connectivity index (χ2n) is 4.87. The molecular formula is C16H14ClN3O. The van der Waals surface area contributed by atoms with Gasteiger partial charge in [0.25, 0.3) is 5.56 Å². The lowest BCUT2D eigenvalue weighted by molar-refractivity contribution is 0.702. The summed E-state index contributed by atoms with van der Waals surface area (Å²) in [7, 11) is 0. The van der Waals surface area contributed by atoms with Gasteiger partial charge in [0.2, 0.25) is 0 Å². The Balaban J connectivity index is 2.20. The van der Waals surface area contributed by atoms with Crippen molar-refractivity contribution in [2.24, 2.45) is 0 Å². The lowest BCUT2D eigenvalue weighted by atomic mass is 10.1. The van der Waals surface area contributed by atoms with Gasteiger partial charge in [-0.25, -0.2) is 4.98 Å². The topological polar surface area (TPSA) is 47.8 Å². The van der Waals surface area contributed by atoms with Gasteiger partial charge in [-0.3, -0.25) is 14.3 Å². The van der Waals surface area contributed by atoms with Gasteiger partial charge in [-0.1, -0.05) is 12.1 Å². The predicted molar refractivity (Wildman–Crippen MR) is 83.6 cm³/mol. The summed E-state index contributed by atoms with van der Waals surface area (Å²) in [6, 6.07) is 9.24. The molecular weight excluding hydrogens is 286 g/mol. The van der Waals surface area contributed by atoms with E-state index >= 15 is 0 Å². The first-order chi connectivity index (χ1) is 10.2. The molecule has 4 nitrogen and oxygen atoms in total. The van der Waals surface area contributed by atoms with E-state index < -0.39 is 0 Å². The molecule has 0 amide bonds. The van der Waals surface area contributed by atoms with E-state index in [2.05, 4.69) is 9.97 Å². The summed E-state index contributed by atoms with van der Waals surface area (Å²) in [5.74, 6) is 0.779. The molecule has 0 atom stereocenters. The highest BCUT2D eigenvalue weighted by molar-refractivity contribution is 6.16. The van der Waals surface area contributed by atoms with Crippen LogP contribution in [0.15, 0.2) is 47.5 Å². The summed E-state index contributed by atoms with van der Waals surface area (Å²) in [5, 5.41) is 0.609. The van der Waals surface area contributed by atoms with Gasteiger partial charge < -0.3 is 0 Å². The van der Waals surface area contributed by atoms with E-state index in [-0.39, 0.29) is 11.4 Å². The van der Waals surface area contributed by atoms with Crippen LogP contribution in [0.3, 0.4) is 0 Å². The Morgan fingerprint density at radius 3 is 2.81 bits per heavy atom. The maximum Gasteiger partial charge on any atom is 0.261 e. The minimum Gasteiger partial charge on any atom is -0.291 e. The highest BCUT2D eigenvalue weighted by Crippen LogP contribution is 2.12. The van der Waals surface area contributed by atoms with Gasteiger partial charge in [-0.05, 0) is 36.2 Å². The summed E-state index contributed by atoms with van der Waals surface area (Å²) in [6.45, 7) is 2.43. The number of aromatic nitrogens is 3. The molecule has 0 aliphatic heterocycles. The van der Waals surface area contributed by atoms with E-state index in [1.54, 1.807) is 23.0 Å². The van der Waals surface area contributed by atoms with Gasteiger partial charge in [-0.2, -0.15) is 0 Å². The van der Waals surface area contributed by atoms with E-state index in [0.29, 0.717) is 23.3 Å². The third-order valence-corrected chi connectivity index (χ3v) is 3.76. The fourth-order valence-corrected chi connectivity index (χ4v) is 2.53. The van der Waals surface area contributed by atoms with E-state index in [0.717, 1.165) is 11.1 Å². The number of halogens is 1. The minimum absolute atomic E-state index is 0.0625. The number of pyridine rings is 1. The van der Waals surface area contributed by atoms with Crippen LogP contribution >= 0.6 is 11.6 Å². The SMILES string of the molecule is Cc1cnccc1Cn1c(CCl)nc2ccccc2c1=O. The van der Waals surface area contributed by atoms with E-state index in [9.17, 15) is 4.79 Å². The van der Waals surface area contributed by atoms with Gasteiger partial charge in [-0.15, -0.1) is 11.6 Å². The van der Waals surface area contributed by atoms with Crippen LogP contribution in [-0.2, 0) is 12.4 Å². The number of para-hydroxylation sites is 1. The average Bonchev–Trinajstić information content (AvgIpc) is 2.52. The third-order valence-electron chi connectivity index (χ3n) is 3.53. The number of nitrogens with zero attached hydrogens (tertiary/aromatic N) is 3. The summed E-state index contributed by atoms with van der Waals surface area (Å²) < 4.78 is 1.64. The molecule has 5 heteroatoms.